The predicted molar refractivity (Wildman–Crippen MR) is 89.4 cm³/mol. The minimum absolute atomic E-state index is 0. The first-order valence-corrected chi connectivity index (χ1v) is 7.27. The largest absolute Gasteiger partial charge is 0.485 e. The van der Waals surface area contributed by atoms with E-state index in [9.17, 15) is 4.79 Å². The van der Waals surface area contributed by atoms with E-state index in [-0.39, 0.29) is 30.5 Å². The van der Waals surface area contributed by atoms with Crippen LogP contribution >= 0.6 is 12.4 Å². The number of carbonyl (C=O) groups is 1. The van der Waals surface area contributed by atoms with Gasteiger partial charge in [0.05, 0.1) is 12.3 Å². The van der Waals surface area contributed by atoms with Gasteiger partial charge in [-0.05, 0) is 38.5 Å². The van der Waals surface area contributed by atoms with Gasteiger partial charge in [-0.1, -0.05) is 18.2 Å². The fourth-order valence-corrected chi connectivity index (χ4v) is 2.56. The molecule has 2 aliphatic heterocycles. The lowest BCUT2D eigenvalue weighted by atomic mass is 10.0. The molecule has 1 saturated heterocycles. The highest BCUT2D eigenvalue weighted by atomic mass is 35.5. The smallest absolute Gasteiger partial charge is 0.257 e. The predicted octanol–water partition coefficient (Wildman–Crippen LogP) is 2.13. The van der Waals surface area contributed by atoms with Gasteiger partial charge in [-0.15, -0.1) is 12.4 Å². The van der Waals surface area contributed by atoms with E-state index in [4.69, 9.17) is 4.74 Å². The van der Waals surface area contributed by atoms with Gasteiger partial charge >= 0.3 is 0 Å². The number of carbonyl (C=O) groups excluding carboxylic acids is 1. The van der Waals surface area contributed by atoms with Gasteiger partial charge in [0.25, 0.3) is 5.91 Å². The van der Waals surface area contributed by atoms with Gasteiger partial charge in [-0.2, -0.15) is 5.10 Å². The van der Waals surface area contributed by atoms with Crippen LogP contribution in [0.25, 0.3) is 6.08 Å². The maximum absolute atomic E-state index is 11.8. The molecule has 22 heavy (non-hydrogen) atoms. The Morgan fingerprint density at radius 3 is 3.05 bits per heavy atom. The van der Waals surface area contributed by atoms with Crippen molar-refractivity contribution in [2.45, 2.75) is 31.9 Å². The first kappa shape index (κ1) is 16.5. The molecule has 118 valence electrons. The topological polar surface area (TPSA) is 62.7 Å². The van der Waals surface area contributed by atoms with Crippen LogP contribution in [-0.2, 0) is 4.79 Å². The van der Waals surface area contributed by atoms with Crippen molar-refractivity contribution in [1.29, 1.82) is 0 Å². The summed E-state index contributed by atoms with van der Waals surface area (Å²) in [6.07, 6.45) is 5.52. The SMILES string of the molecule is CC1Oc2ccccc2C=C1/C=N/NC(=O)[C@@H]1CCCN1.Cl. The lowest BCUT2D eigenvalue weighted by Gasteiger charge is -2.22. The van der Waals surface area contributed by atoms with Gasteiger partial charge < -0.3 is 10.1 Å². The van der Waals surface area contributed by atoms with Gasteiger partial charge in [0.1, 0.15) is 11.9 Å². The molecule has 1 fully saturated rings. The number of benzene rings is 1. The van der Waals surface area contributed by atoms with Crippen molar-refractivity contribution in [2.75, 3.05) is 6.54 Å². The highest BCUT2D eigenvalue weighted by Gasteiger charge is 2.21. The van der Waals surface area contributed by atoms with Crippen molar-refractivity contribution >= 4 is 30.6 Å². The van der Waals surface area contributed by atoms with Crippen LogP contribution in [0.15, 0.2) is 34.9 Å². The van der Waals surface area contributed by atoms with Crippen LogP contribution < -0.4 is 15.5 Å². The van der Waals surface area contributed by atoms with Crippen LogP contribution in [0.4, 0.5) is 0 Å². The normalized spacial score (nSPS) is 23.2. The molecular weight excluding hydrogens is 302 g/mol. The number of ether oxygens (including phenoxy) is 1. The lowest BCUT2D eigenvalue weighted by Crippen LogP contribution is -2.38. The number of halogens is 1. The molecule has 2 atom stereocenters. The number of nitrogens with zero attached hydrogens (tertiary/aromatic N) is 1. The summed E-state index contributed by atoms with van der Waals surface area (Å²) in [5.74, 6) is 0.801. The molecule has 0 spiro atoms. The zero-order valence-electron chi connectivity index (χ0n) is 12.4. The van der Waals surface area contributed by atoms with E-state index in [1.807, 2.05) is 37.3 Å². The minimum Gasteiger partial charge on any atom is -0.485 e. The monoisotopic (exact) mass is 321 g/mol. The van der Waals surface area contributed by atoms with E-state index in [2.05, 4.69) is 15.8 Å². The first-order chi connectivity index (χ1) is 10.2. The third kappa shape index (κ3) is 3.67. The number of hydrogen-bond acceptors (Lipinski definition) is 4. The van der Waals surface area contributed by atoms with Crippen LogP contribution in [0.2, 0.25) is 0 Å². The van der Waals surface area contributed by atoms with E-state index in [0.717, 1.165) is 36.3 Å². The number of hydrazone groups is 1. The molecule has 2 heterocycles. The zero-order chi connectivity index (χ0) is 14.7. The molecule has 0 aromatic heterocycles. The van der Waals surface area contributed by atoms with Crippen LogP contribution in [0, 0.1) is 0 Å². The Hall–Kier alpha value is -1.85. The highest BCUT2D eigenvalue weighted by molar-refractivity contribution is 5.90. The molecule has 1 amide bonds. The third-order valence-corrected chi connectivity index (χ3v) is 3.78. The summed E-state index contributed by atoms with van der Waals surface area (Å²) in [6.45, 7) is 2.86. The van der Waals surface area contributed by atoms with Gasteiger partial charge in [0.2, 0.25) is 0 Å². The lowest BCUT2D eigenvalue weighted by molar-refractivity contribution is -0.122. The Labute approximate surface area is 136 Å². The fourth-order valence-electron chi connectivity index (χ4n) is 2.56. The number of fused-ring (bicyclic) bond motifs is 1. The van der Waals surface area contributed by atoms with Crippen molar-refractivity contribution in [1.82, 2.24) is 10.7 Å². The van der Waals surface area contributed by atoms with Gasteiger partial charge in [-0.25, -0.2) is 5.43 Å². The van der Waals surface area contributed by atoms with Crippen molar-refractivity contribution in [3.05, 3.63) is 35.4 Å². The summed E-state index contributed by atoms with van der Waals surface area (Å²) in [6, 6.07) is 7.75. The maximum atomic E-state index is 11.8. The van der Waals surface area contributed by atoms with Crippen molar-refractivity contribution in [2.24, 2.45) is 5.10 Å². The second-order valence-electron chi connectivity index (χ2n) is 5.33. The van der Waals surface area contributed by atoms with E-state index in [1.165, 1.54) is 0 Å². The molecule has 2 N–H and O–H groups in total. The summed E-state index contributed by atoms with van der Waals surface area (Å²) in [5.41, 5.74) is 4.55. The standard InChI is InChI=1S/C16H19N3O2.ClH/c1-11-13(9-12-5-2-3-7-15(12)21-11)10-18-19-16(20)14-6-4-8-17-14;/h2-3,5,7,9-11,14,17H,4,6,8H2,1H3,(H,19,20);1H/b18-10+;/t11?,14-;/m0./s1. The molecular formula is C16H20ClN3O2. The first-order valence-electron chi connectivity index (χ1n) is 7.27. The average molecular weight is 322 g/mol. The molecule has 0 bridgehead atoms. The fraction of sp³-hybridized carbons (Fsp3) is 0.375. The summed E-state index contributed by atoms with van der Waals surface area (Å²) < 4.78 is 5.82. The van der Waals surface area contributed by atoms with Crippen LogP contribution in [0.5, 0.6) is 5.75 Å². The summed E-state index contributed by atoms with van der Waals surface area (Å²) >= 11 is 0. The van der Waals surface area contributed by atoms with Gasteiger partial charge in [-0.3, -0.25) is 4.79 Å². The molecule has 0 saturated carbocycles. The molecule has 2 aliphatic rings. The van der Waals surface area contributed by atoms with Crippen molar-refractivity contribution in [3.63, 3.8) is 0 Å². The molecule has 1 aromatic rings. The number of rotatable bonds is 3. The average Bonchev–Trinajstić information content (AvgIpc) is 3.02. The molecule has 1 aromatic carbocycles. The van der Waals surface area contributed by atoms with Crippen molar-refractivity contribution in [3.8, 4) is 5.75 Å². The van der Waals surface area contributed by atoms with E-state index in [1.54, 1.807) is 6.21 Å². The Kier molecular flexibility index (Phi) is 5.57. The van der Waals surface area contributed by atoms with Gasteiger partial charge in [0, 0.05) is 11.1 Å². The van der Waals surface area contributed by atoms with Crippen molar-refractivity contribution < 1.29 is 9.53 Å². The number of para-hydroxylation sites is 1. The summed E-state index contributed by atoms with van der Waals surface area (Å²) in [7, 11) is 0. The highest BCUT2D eigenvalue weighted by Crippen LogP contribution is 2.28. The Morgan fingerprint density at radius 2 is 2.27 bits per heavy atom. The summed E-state index contributed by atoms with van der Waals surface area (Å²) in [4.78, 5) is 11.8. The number of nitrogens with one attached hydrogen (secondary N) is 2. The molecule has 6 heteroatoms. The second-order valence-corrected chi connectivity index (χ2v) is 5.33. The zero-order valence-corrected chi connectivity index (χ0v) is 13.2. The maximum Gasteiger partial charge on any atom is 0.257 e. The molecule has 0 aliphatic carbocycles. The Bertz CT molecular complexity index is 595. The quantitative estimate of drug-likeness (QED) is 0.662. The number of amides is 1. The second kappa shape index (κ2) is 7.42. The van der Waals surface area contributed by atoms with E-state index >= 15 is 0 Å². The van der Waals surface area contributed by atoms with E-state index in [0.29, 0.717) is 0 Å². The number of hydrogen-bond donors (Lipinski definition) is 2. The van der Waals surface area contributed by atoms with Crippen LogP contribution in [0.1, 0.15) is 25.3 Å². The Balaban J connectivity index is 0.00000176. The van der Waals surface area contributed by atoms with E-state index < -0.39 is 0 Å². The summed E-state index contributed by atoms with van der Waals surface area (Å²) in [5, 5.41) is 7.19. The Morgan fingerprint density at radius 1 is 1.45 bits per heavy atom. The molecule has 1 unspecified atom stereocenters. The van der Waals surface area contributed by atoms with Crippen LogP contribution in [0.3, 0.4) is 0 Å². The molecule has 5 nitrogen and oxygen atoms in total. The molecule has 0 radical (unpaired) electrons. The third-order valence-electron chi connectivity index (χ3n) is 3.78. The minimum atomic E-state index is -0.114. The van der Waals surface area contributed by atoms with Gasteiger partial charge in [0.15, 0.2) is 0 Å². The van der Waals surface area contributed by atoms with Crippen LogP contribution in [-0.4, -0.2) is 30.8 Å². The molecule has 3 rings (SSSR count).